The highest BCUT2D eigenvalue weighted by atomic mass is 16.4. The van der Waals surface area contributed by atoms with Crippen molar-refractivity contribution >= 4 is 5.97 Å². The van der Waals surface area contributed by atoms with E-state index in [1.165, 1.54) is 4.57 Å². The maximum Gasteiger partial charge on any atom is 0.332 e. The van der Waals surface area contributed by atoms with Gasteiger partial charge in [0.05, 0.1) is 11.6 Å². The average Bonchev–Trinajstić information content (AvgIpc) is 2.64. The first-order valence-electron chi connectivity index (χ1n) is 6.48. The standard InChI is InChI=1S/C15H18N2O3/c1-10(14(18)19)8-12-6-4-5-7-13(12)17-11(2)9-16(3)15(17)20/h4-7,9-10H,8H2,1-3H3,(H,18,19). The van der Waals surface area contributed by atoms with Gasteiger partial charge in [0.25, 0.3) is 0 Å². The van der Waals surface area contributed by atoms with Crippen molar-refractivity contribution in [2.45, 2.75) is 20.3 Å². The first kappa shape index (κ1) is 14.1. The second-order valence-electron chi connectivity index (χ2n) is 5.07. The zero-order valence-corrected chi connectivity index (χ0v) is 11.8. The summed E-state index contributed by atoms with van der Waals surface area (Å²) < 4.78 is 3.14. The van der Waals surface area contributed by atoms with Crippen LogP contribution in [-0.2, 0) is 18.3 Å². The number of hydrogen-bond donors (Lipinski definition) is 1. The molecule has 0 aliphatic rings. The van der Waals surface area contributed by atoms with Crippen LogP contribution in [0.5, 0.6) is 0 Å². The molecule has 1 unspecified atom stereocenters. The van der Waals surface area contributed by atoms with E-state index in [2.05, 4.69) is 0 Å². The van der Waals surface area contributed by atoms with E-state index in [1.54, 1.807) is 24.7 Å². The Kier molecular flexibility index (Phi) is 3.79. The quantitative estimate of drug-likeness (QED) is 0.923. The average molecular weight is 274 g/mol. The van der Waals surface area contributed by atoms with E-state index in [1.807, 2.05) is 31.2 Å². The molecule has 0 radical (unpaired) electrons. The predicted molar refractivity (Wildman–Crippen MR) is 76.3 cm³/mol. The molecule has 0 bridgehead atoms. The Morgan fingerprint density at radius 3 is 2.55 bits per heavy atom. The molecule has 0 aliphatic heterocycles. The number of nitrogens with zero attached hydrogens (tertiary/aromatic N) is 2. The summed E-state index contributed by atoms with van der Waals surface area (Å²) in [6.45, 7) is 3.53. The van der Waals surface area contributed by atoms with Crippen molar-refractivity contribution in [3.05, 3.63) is 52.2 Å². The number of benzene rings is 1. The molecule has 5 nitrogen and oxygen atoms in total. The van der Waals surface area contributed by atoms with Crippen molar-refractivity contribution in [3.8, 4) is 5.69 Å². The zero-order chi connectivity index (χ0) is 14.9. The van der Waals surface area contributed by atoms with Crippen molar-refractivity contribution in [3.63, 3.8) is 0 Å². The van der Waals surface area contributed by atoms with Crippen LogP contribution >= 0.6 is 0 Å². The van der Waals surface area contributed by atoms with Crippen LogP contribution in [0.3, 0.4) is 0 Å². The van der Waals surface area contributed by atoms with Gasteiger partial charge in [-0.25, -0.2) is 4.79 Å². The van der Waals surface area contributed by atoms with E-state index in [0.29, 0.717) is 6.42 Å². The summed E-state index contributed by atoms with van der Waals surface area (Å²) in [7, 11) is 1.70. The van der Waals surface area contributed by atoms with Gasteiger partial charge in [0.15, 0.2) is 0 Å². The lowest BCUT2D eigenvalue weighted by Gasteiger charge is -2.13. The van der Waals surface area contributed by atoms with Gasteiger partial charge in [0, 0.05) is 18.9 Å². The van der Waals surface area contributed by atoms with Gasteiger partial charge >= 0.3 is 11.7 Å². The van der Waals surface area contributed by atoms with Crippen LogP contribution < -0.4 is 5.69 Å². The first-order valence-corrected chi connectivity index (χ1v) is 6.48. The summed E-state index contributed by atoms with van der Waals surface area (Å²) in [6.07, 6.45) is 2.16. The minimum absolute atomic E-state index is 0.127. The monoisotopic (exact) mass is 274 g/mol. The Hall–Kier alpha value is -2.30. The van der Waals surface area contributed by atoms with Crippen LogP contribution in [0.15, 0.2) is 35.3 Å². The van der Waals surface area contributed by atoms with Gasteiger partial charge < -0.3 is 9.67 Å². The van der Waals surface area contributed by atoms with E-state index in [9.17, 15) is 9.59 Å². The van der Waals surface area contributed by atoms with Gasteiger partial charge in [-0.2, -0.15) is 0 Å². The Labute approximate surface area is 117 Å². The maximum absolute atomic E-state index is 12.2. The number of para-hydroxylation sites is 1. The normalized spacial score (nSPS) is 12.3. The van der Waals surface area contributed by atoms with Gasteiger partial charge in [-0.05, 0) is 25.0 Å². The summed E-state index contributed by atoms with van der Waals surface area (Å²) in [4.78, 5) is 23.2. The molecule has 1 N–H and O–H groups in total. The van der Waals surface area contributed by atoms with Crippen molar-refractivity contribution in [2.75, 3.05) is 0 Å². The summed E-state index contributed by atoms with van der Waals surface area (Å²) in [5.74, 6) is -1.33. The lowest BCUT2D eigenvalue weighted by molar-refractivity contribution is -0.141. The molecule has 5 heteroatoms. The summed E-state index contributed by atoms with van der Waals surface area (Å²) >= 11 is 0. The SMILES string of the molecule is Cc1cn(C)c(=O)n1-c1ccccc1CC(C)C(=O)O. The molecule has 0 saturated carbocycles. The molecule has 1 aromatic heterocycles. The summed E-state index contributed by atoms with van der Waals surface area (Å²) in [5.41, 5.74) is 2.31. The number of carboxylic acid groups (broad SMARTS) is 1. The van der Waals surface area contributed by atoms with E-state index in [4.69, 9.17) is 5.11 Å². The van der Waals surface area contributed by atoms with E-state index in [-0.39, 0.29) is 5.69 Å². The molecule has 0 saturated heterocycles. The fraction of sp³-hybridized carbons (Fsp3) is 0.333. The fourth-order valence-corrected chi connectivity index (χ4v) is 2.31. The number of hydrogen-bond acceptors (Lipinski definition) is 2. The minimum atomic E-state index is -0.836. The smallest absolute Gasteiger partial charge is 0.332 e. The van der Waals surface area contributed by atoms with Gasteiger partial charge in [0.1, 0.15) is 0 Å². The first-order chi connectivity index (χ1) is 9.41. The van der Waals surface area contributed by atoms with Crippen LogP contribution in [0.4, 0.5) is 0 Å². The Morgan fingerprint density at radius 2 is 2.00 bits per heavy atom. The molecule has 0 amide bonds. The third-order valence-electron chi connectivity index (χ3n) is 3.41. The molecule has 0 fully saturated rings. The molecule has 2 aromatic rings. The Morgan fingerprint density at radius 1 is 1.35 bits per heavy atom. The number of aryl methyl sites for hydroxylation is 2. The Bertz CT molecular complexity index is 697. The van der Waals surface area contributed by atoms with Gasteiger partial charge in [-0.3, -0.25) is 9.36 Å². The second kappa shape index (κ2) is 5.36. The molecule has 0 spiro atoms. The number of aromatic nitrogens is 2. The molecule has 1 heterocycles. The number of carboxylic acids is 1. The number of aliphatic carboxylic acids is 1. The van der Waals surface area contributed by atoms with Crippen LogP contribution in [0.2, 0.25) is 0 Å². The van der Waals surface area contributed by atoms with Crippen molar-refractivity contribution in [1.29, 1.82) is 0 Å². The predicted octanol–water partition coefficient (Wildman–Crippen LogP) is 1.75. The highest BCUT2D eigenvalue weighted by Gasteiger charge is 2.16. The molecular weight excluding hydrogens is 256 g/mol. The molecule has 0 aliphatic carbocycles. The molecule has 1 aromatic carbocycles. The fourth-order valence-electron chi connectivity index (χ4n) is 2.31. The maximum atomic E-state index is 12.2. The van der Waals surface area contributed by atoms with Crippen molar-refractivity contribution in [2.24, 2.45) is 13.0 Å². The van der Waals surface area contributed by atoms with Gasteiger partial charge in [-0.1, -0.05) is 25.1 Å². The minimum Gasteiger partial charge on any atom is -0.481 e. The lowest BCUT2D eigenvalue weighted by Crippen LogP contribution is -2.23. The second-order valence-corrected chi connectivity index (χ2v) is 5.07. The highest BCUT2D eigenvalue weighted by Crippen LogP contribution is 2.18. The topological polar surface area (TPSA) is 64.2 Å². The third kappa shape index (κ3) is 2.52. The molecule has 20 heavy (non-hydrogen) atoms. The summed E-state index contributed by atoms with van der Waals surface area (Å²) in [6, 6.07) is 7.42. The molecule has 2 rings (SSSR count). The number of imidazole rings is 1. The van der Waals surface area contributed by atoms with Crippen LogP contribution in [0.25, 0.3) is 5.69 Å². The zero-order valence-electron chi connectivity index (χ0n) is 11.8. The van der Waals surface area contributed by atoms with Crippen molar-refractivity contribution in [1.82, 2.24) is 9.13 Å². The Balaban J connectivity index is 2.53. The third-order valence-corrected chi connectivity index (χ3v) is 3.41. The van der Waals surface area contributed by atoms with E-state index >= 15 is 0 Å². The van der Waals surface area contributed by atoms with Crippen LogP contribution in [0, 0.1) is 12.8 Å². The van der Waals surface area contributed by atoms with E-state index < -0.39 is 11.9 Å². The van der Waals surface area contributed by atoms with Gasteiger partial charge in [-0.15, -0.1) is 0 Å². The van der Waals surface area contributed by atoms with Gasteiger partial charge in [0.2, 0.25) is 0 Å². The molecule has 106 valence electrons. The lowest BCUT2D eigenvalue weighted by atomic mass is 9.99. The van der Waals surface area contributed by atoms with Crippen molar-refractivity contribution < 1.29 is 9.90 Å². The number of rotatable bonds is 4. The van der Waals surface area contributed by atoms with Crippen LogP contribution in [-0.4, -0.2) is 20.2 Å². The summed E-state index contributed by atoms with van der Waals surface area (Å²) in [5, 5.41) is 9.05. The molecular formula is C15H18N2O3. The number of carbonyl (C=O) groups is 1. The largest absolute Gasteiger partial charge is 0.481 e. The molecule has 1 atom stereocenters. The van der Waals surface area contributed by atoms with E-state index in [0.717, 1.165) is 16.9 Å². The van der Waals surface area contributed by atoms with Crippen LogP contribution in [0.1, 0.15) is 18.2 Å². The highest BCUT2D eigenvalue weighted by molar-refractivity contribution is 5.70.